The lowest BCUT2D eigenvalue weighted by Gasteiger charge is -2.23. The molecule has 5 rings (SSSR count). The number of benzene rings is 2. The van der Waals surface area contributed by atoms with Crippen LogP contribution in [0.4, 0.5) is 14.7 Å². The molecule has 0 bridgehead atoms. The molecular weight excluding hydrogens is 518 g/mol. The highest BCUT2D eigenvalue weighted by molar-refractivity contribution is 5.79. The van der Waals surface area contributed by atoms with E-state index in [0.717, 1.165) is 60.0 Å². The summed E-state index contributed by atoms with van der Waals surface area (Å²) < 4.78 is 27.5. The van der Waals surface area contributed by atoms with Gasteiger partial charge in [-0.25, -0.2) is 23.7 Å². The number of hydrogen-bond donors (Lipinski definition) is 2. The molecule has 3 heterocycles. The zero-order chi connectivity index (χ0) is 30.2. The van der Waals surface area contributed by atoms with E-state index in [1.165, 1.54) is 24.3 Å². The Morgan fingerprint density at radius 1 is 0.878 bits per heavy atom. The van der Waals surface area contributed by atoms with Crippen LogP contribution >= 0.6 is 0 Å². The number of anilines is 1. The van der Waals surface area contributed by atoms with E-state index in [-0.39, 0.29) is 11.6 Å². The fraction of sp³-hybridized carbons (Fsp3) is 0.242. The van der Waals surface area contributed by atoms with Crippen molar-refractivity contribution in [2.75, 3.05) is 18.4 Å². The van der Waals surface area contributed by atoms with Gasteiger partial charge in [-0.2, -0.15) is 0 Å². The predicted octanol–water partition coefficient (Wildman–Crippen LogP) is 7.85. The Morgan fingerprint density at radius 2 is 1.46 bits per heavy atom. The van der Waals surface area contributed by atoms with Crippen LogP contribution in [0.1, 0.15) is 31.2 Å². The summed E-state index contributed by atoms with van der Waals surface area (Å²) in [6, 6.07) is 15.0. The average Bonchev–Trinajstić information content (AvgIpc) is 3.34. The number of aromatic nitrogens is 4. The summed E-state index contributed by atoms with van der Waals surface area (Å²) in [4.78, 5) is 14.0. The molecule has 0 aliphatic carbocycles. The van der Waals surface area contributed by atoms with Crippen molar-refractivity contribution in [3.05, 3.63) is 116 Å². The Balaban J connectivity index is 0.000000414. The zero-order valence-corrected chi connectivity index (χ0v) is 24.2. The normalized spacial score (nSPS) is 12.7. The first kappa shape index (κ1) is 32.8. The minimum atomic E-state index is -0.268. The average molecular weight is 559 g/mol. The van der Waals surface area contributed by atoms with Crippen molar-refractivity contribution in [3.8, 4) is 22.6 Å². The molecule has 0 radical (unpaired) electrons. The van der Waals surface area contributed by atoms with Gasteiger partial charge in [-0.3, -0.25) is 0 Å². The number of aryl methyl sites for hydroxylation is 2. The van der Waals surface area contributed by atoms with Gasteiger partial charge in [0.05, 0.1) is 17.1 Å². The quantitative estimate of drug-likeness (QED) is 0.244. The predicted molar refractivity (Wildman–Crippen MR) is 168 cm³/mol. The molecule has 1 aliphatic heterocycles. The van der Waals surface area contributed by atoms with Gasteiger partial charge >= 0.3 is 0 Å². The number of nitrogens with one attached hydrogen (secondary N) is 2. The number of halogens is 2. The maximum Gasteiger partial charge on any atom is 0.223 e. The van der Waals surface area contributed by atoms with Gasteiger partial charge in [-0.1, -0.05) is 23.8 Å². The number of hydrogen-bond acceptors (Lipinski definition) is 5. The molecule has 4 aromatic rings. The van der Waals surface area contributed by atoms with Crippen molar-refractivity contribution in [2.45, 2.75) is 39.7 Å². The Kier molecular flexibility index (Phi) is 13.8. The molecule has 2 aromatic heterocycles. The molecule has 1 fully saturated rings. The van der Waals surface area contributed by atoms with E-state index in [9.17, 15) is 8.78 Å². The molecule has 41 heavy (non-hydrogen) atoms. The van der Waals surface area contributed by atoms with Crippen LogP contribution in [0.25, 0.3) is 28.8 Å². The second-order valence-electron chi connectivity index (χ2n) is 8.95. The first-order valence-corrected chi connectivity index (χ1v) is 13.4. The first-order chi connectivity index (χ1) is 19.9. The van der Waals surface area contributed by atoms with Crippen molar-refractivity contribution in [1.29, 1.82) is 0 Å². The van der Waals surface area contributed by atoms with Gasteiger partial charge < -0.3 is 15.2 Å². The number of allylic oxidation sites excluding steroid dienone is 1. The monoisotopic (exact) mass is 558 g/mol. The number of imidazole rings is 1. The number of rotatable bonds is 5. The number of piperidine rings is 1. The Hall–Kier alpha value is -4.43. The minimum Gasteiger partial charge on any atom is -0.351 e. The SMILES string of the molecule is C/C=C\n1c(C)nc(-c2ccc(F)cc2)c1-c1ccnc(NC2CCNCC2)n1.C=C.C=C.Cc1ccc(F)cc1. The highest BCUT2D eigenvalue weighted by Crippen LogP contribution is 2.32. The molecule has 2 N–H and O–H groups in total. The second kappa shape index (κ2) is 17.3. The summed E-state index contributed by atoms with van der Waals surface area (Å²) >= 11 is 0. The van der Waals surface area contributed by atoms with Crippen LogP contribution in [0, 0.1) is 25.5 Å². The molecule has 2 aromatic carbocycles. The van der Waals surface area contributed by atoms with Gasteiger partial charge in [0.25, 0.3) is 0 Å². The highest BCUT2D eigenvalue weighted by atomic mass is 19.1. The van der Waals surface area contributed by atoms with Gasteiger partial charge in [0.2, 0.25) is 5.95 Å². The molecule has 1 aliphatic rings. The van der Waals surface area contributed by atoms with Crippen LogP contribution in [0.5, 0.6) is 0 Å². The molecule has 0 unspecified atom stereocenters. The van der Waals surface area contributed by atoms with Crippen LogP contribution < -0.4 is 10.6 Å². The van der Waals surface area contributed by atoms with Crippen LogP contribution in [0.3, 0.4) is 0 Å². The number of nitrogens with zero attached hydrogens (tertiary/aromatic N) is 4. The van der Waals surface area contributed by atoms with Gasteiger partial charge in [-0.15, -0.1) is 26.3 Å². The van der Waals surface area contributed by atoms with Gasteiger partial charge in [0.15, 0.2) is 0 Å². The van der Waals surface area contributed by atoms with Gasteiger partial charge in [0.1, 0.15) is 17.5 Å². The molecule has 0 saturated carbocycles. The van der Waals surface area contributed by atoms with E-state index < -0.39 is 0 Å². The van der Waals surface area contributed by atoms with Crippen LogP contribution in [-0.2, 0) is 0 Å². The summed E-state index contributed by atoms with van der Waals surface area (Å²) in [5, 5.41) is 6.82. The van der Waals surface area contributed by atoms with Crippen molar-refractivity contribution in [2.24, 2.45) is 0 Å². The molecule has 6 nitrogen and oxygen atoms in total. The van der Waals surface area contributed by atoms with Crippen LogP contribution in [0.15, 0.2) is 93.2 Å². The third-order valence-electron chi connectivity index (χ3n) is 6.08. The molecular formula is C33H40F2N6. The molecule has 0 atom stereocenters. The molecule has 216 valence electrons. The Labute approximate surface area is 242 Å². The summed E-state index contributed by atoms with van der Waals surface area (Å²) in [5.74, 6) is 1.01. The van der Waals surface area contributed by atoms with Crippen molar-refractivity contribution in [3.63, 3.8) is 0 Å². The Bertz CT molecular complexity index is 1330. The largest absolute Gasteiger partial charge is 0.351 e. The minimum absolute atomic E-state index is 0.171. The summed E-state index contributed by atoms with van der Waals surface area (Å²) in [6.45, 7) is 19.8. The van der Waals surface area contributed by atoms with Gasteiger partial charge in [-0.05, 0) is 89.2 Å². The fourth-order valence-corrected chi connectivity index (χ4v) is 4.17. The zero-order valence-electron chi connectivity index (χ0n) is 24.2. The molecule has 8 heteroatoms. The molecule has 1 saturated heterocycles. The lowest BCUT2D eigenvalue weighted by molar-refractivity contribution is 0.477. The lowest BCUT2D eigenvalue weighted by atomic mass is 10.1. The van der Waals surface area contributed by atoms with Crippen LogP contribution in [0.2, 0.25) is 0 Å². The van der Waals surface area contributed by atoms with E-state index >= 15 is 0 Å². The topological polar surface area (TPSA) is 67.7 Å². The smallest absolute Gasteiger partial charge is 0.223 e. The maximum absolute atomic E-state index is 13.4. The maximum atomic E-state index is 13.4. The van der Waals surface area contributed by atoms with Gasteiger partial charge in [0, 0.05) is 24.0 Å². The van der Waals surface area contributed by atoms with Crippen molar-refractivity contribution < 1.29 is 8.78 Å². The lowest BCUT2D eigenvalue weighted by Crippen LogP contribution is -2.35. The standard InChI is InChI=1S/C22H25FN6.C7H7F.2C2H4/c1-3-14-29-15(2)26-20(16-4-6-17(23)7-5-16)21(29)19-10-13-25-22(28-19)27-18-8-11-24-12-9-18;1-6-2-4-7(8)5-3-6;2*1-2/h3-7,10,13-14,18,24H,8-9,11-12H2,1-2H3,(H,25,27,28);2-5H,1H3;2*1-2H2/b14-3-;;;. The van der Waals surface area contributed by atoms with Crippen molar-refractivity contribution in [1.82, 2.24) is 24.8 Å². The summed E-state index contributed by atoms with van der Waals surface area (Å²) in [5.41, 5.74) is 4.34. The third-order valence-corrected chi connectivity index (χ3v) is 6.08. The summed E-state index contributed by atoms with van der Waals surface area (Å²) in [6.07, 6.45) is 7.78. The second-order valence-corrected chi connectivity index (χ2v) is 8.95. The van der Waals surface area contributed by atoms with Crippen LogP contribution in [-0.4, -0.2) is 38.7 Å². The van der Waals surface area contributed by atoms with Crippen molar-refractivity contribution >= 4 is 12.1 Å². The molecule has 0 amide bonds. The molecule has 0 spiro atoms. The summed E-state index contributed by atoms with van der Waals surface area (Å²) in [7, 11) is 0. The van der Waals surface area contributed by atoms with E-state index in [2.05, 4.69) is 41.9 Å². The first-order valence-electron chi connectivity index (χ1n) is 13.4. The fourth-order valence-electron chi connectivity index (χ4n) is 4.17. The van der Waals surface area contributed by atoms with E-state index in [1.54, 1.807) is 30.5 Å². The Morgan fingerprint density at radius 3 is 2.02 bits per heavy atom. The van der Waals surface area contributed by atoms with E-state index in [1.807, 2.05) is 43.7 Å². The van der Waals surface area contributed by atoms with E-state index in [4.69, 9.17) is 9.97 Å². The van der Waals surface area contributed by atoms with E-state index in [0.29, 0.717) is 12.0 Å². The highest BCUT2D eigenvalue weighted by Gasteiger charge is 2.20. The third kappa shape index (κ3) is 9.61.